The van der Waals surface area contributed by atoms with Crippen molar-refractivity contribution in [3.63, 3.8) is 0 Å². The molecule has 1 aromatic rings. The number of amides is 1. The maximum atomic E-state index is 12.4. The monoisotopic (exact) mass is 260 g/mol. The molecule has 2 aliphatic heterocycles. The quantitative estimate of drug-likeness (QED) is 0.839. The number of rotatable bonds is 2. The summed E-state index contributed by atoms with van der Waals surface area (Å²) in [7, 11) is 0. The molecule has 2 aliphatic rings. The molecular weight excluding hydrogens is 240 g/mol. The molecule has 0 bridgehead atoms. The van der Waals surface area contributed by atoms with Crippen LogP contribution in [0.25, 0.3) is 0 Å². The Balaban J connectivity index is 1.70. The summed E-state index contributed by atoms with van der Waals surface area (Å²) in [5, 5.41) is 6.47. The molecule has 1 fully saturated rings. The molecular formula is C15H20N2O2. The molecule has 1 atom stereocenters. The second kappa shape index (κ2) is 5.72. The van der Waals surface area contributed by atoms with Gasteiger partial charge >= 0.3 is 0 Å². The van der Waals surface area contributed by atoms with Crippen LogP contribution in [0.2, 0.25) is 0 Å². The summed E-state index contributed by atoms with van der Waals surface area (Å²) in [5.74, 6) is 0.0963. The SMILES string of the molecule is O=C(NC1CCOCC1)C1NCCc2ccccc21. The van der Waals surface area contributed by atoms with E-state index in [1.807, 2.05) is 12.1 Å². The molecule has 1 amide bonds. The summed E-state index contributed by atoms with van der Waals surface area (Å²) < 4.78 is 5.32. The first kappa shape index (κ1) is 12.6. The van der Waals surface area contributed by atoms with Gasteiger partial charge in [0.15, 0.2) is 0 Å². The standard InChI is InChI=1S/C15H20N2O2/c18-15(17-12-6-9-19-10-7-12)14-13-4-2-1-3-11(13)5-8-16-14/h1-4,12,14,16H,5-10H2,(H,17,18). The fraction of sp³-hybridized carbons (Fsp3) is 0.533. The van der Waals surface area contributed by atoms with Crippen LogP contribution in [0.15, 0.2) is 24.3 Å². The summed E-state index contributed by atoms with van der Waals surface area (Å²) in [4.78, 5) is 12.4. The van der Waals surface area contributed by atoms with Crippen molar-refractivity contribution in [2.24, 2.45) is 0 Å². The molecule has 4 nitrogen and oxygen atoms in total. The minimum atomic E-state index is -0.201. The van der Waals surface area contributed by atoms with Crippen molar-refractivity contribution >= 4 is 5.91 Å². The third-order valence-electron chi connectivity index (χ3n) is 3.94. The molecule has 4 heteroatoms. The van der Waals surface area contributed by atoms with Gasteiger partial charge in [0, 0.05) is 25.8 Å². The van der Waals surface area contributed by atoms with E-state index in [0.717, 1.165) is 44.6 Å². The van der Waals surface area contributed by atoms with Gasteiger partial charge in [-0.1, -0.05) is 24.3 Å². The van der Waals surface area contributed by atoms with E-state index in [0.29, 0.717) is 0 Å². The van der Waals surface area contributed by atoms with Crippen molar-refractivity contribution in [3.8, 4) is 0 Å². The van der Waals surface area contributed by atoms with Crippen molar-refractivity contribution in [1.82, 2.24) is 10.6 Å². The van der Waals surface area contributed by atoms with Crippen molar-refractivity contribution in [2.75, 3.05) is 19.8 Å². The molecule has 0 spiro atoms. The predicted octanol–water partition coefficient (Wildman–Crippen LogP) is 1.17. The first-order valence-electron chi connectivity index (χ1n) is 7.04. The van der Waals surface area contributed by atoms with Crippen LogP contribution in [-0.2, 0) is 16.0 Å². The molecule has 19 heavy (non-hydrogen) atoms. The Morgan fingerprint density at radius 1 is 1.26 bits per heavy atom. The summed E-state index contributed by atoms with van der Waals surface area (Å²) in [6, 6.07) is 8.27. The van der Waals surface area contributed by atoms with Crippen LogP contribution in [0, 0.1) is 0 Å². The van der Waals surface area contributed by atoms with Crippen LogP contribution in [0.3, 0.4) is 0 Å². The van der Waals surface area contributed by atoms with Gasteiger partial charge in [-0.05, 0) is 30.4 Å². The molecule has 0 aliphatic carbocycles. The lowest BCUT2D eigenvalue weighted by molar-refractivity contribution is -0.124. The minimum Gasteiger partial charge on any atom is -0.381 e. The molecule has 0 saturated carbocycles. The maximum Gasteiger partial charge on any atom is 0.241 e. The highest BCUT2D eigenvalue weighted by atomic mass is 16.5. The van der Waals surface area contributed by atoms with Crippen LogP contribution < -0.4 is 10.6 Å². The van der Waals surface area contributed by atoms with Gasteiger partial charge in [-0.15, -0.1) is 0 Å². The van der Waals surface area contributed by atoms with E-state index in [9.17, 15) is 4.79 Å². The van der Waals surface area contributed by atoms with E-state index >= 15 is 0 Å². The van der Waals surface area contributed by atoms with Gasteiger partial charge in [-0.2, -0.15) is 0 Å². The second-order valence-corrected chi connectivity index (χ2v) is 5.23. The molecule has 0 aromatic heterocycles. The Morgan fingerprint density at radius 3 is 2.89 bits per heavy atom. The van der Waals surface area contributed by atoms with Crippen LogP contribution in [0.1, 0.15) is 30.0 Å². The average Bonchev–Trinajstić information content (AvgIpc) is 2.47. The molecule has 1 aromatic carbocycles. The highest BCUT2D eigenvalue weighted by molar-refractivity contribution is 5.84. The van der Waals surface area contributed by atoms with Gasteiger partial charge in [-0.25, -0.2) is 0 Å². The summed E-state index contributed by atoms with van der Waals surface area (Å²) >= 11 is 0. The Labute approximate surface area is 113 Å². The van der Waals surface area contributed by atoms with Gasteiger partial charge < -0.3 is 15.4 Å². The molecule has 0 radical (unpaired) electrons. The largest absolute Gasteiger partial charge is 0.381 e. The van der Waals surface area contributed by atoms with Gasteiger partial charge in [-0.3, -0.25) is 4.79 Å². The van der Waals surface area contributed by atoms with Gasteiger partial charge in [0.25, 0.3) is 0 Å². The van der Waals surface area contributed by atoms with Crippen LogP contribution in [0.5, 0.6) is 0 Å². The normalized spacial score (nSPS) is 23.7. The van der Waals surface area contributed by atoms with Gasteiger partial charge in [0.2, 0.25) is 5.91 Å². The average molecular weight is 260 g/mol. The molecule has 2 N–H and O–H groups in total. The van der Waals surface area contributed by atoms with Gasteiger partial charge in [0.1, 0.15) is 6.04 Å². The lowest BCUT2D eigenvalue weighted by Gasteiger charge is -2.29. The maximum absolute atomic E-state index is 12.4. The molecule has 102 valence electrons. The Hall–Kier alpha value is -1.39. The van der Waals surface area contributed by atoms with Crippen LogP contribution >= 0.6 is 0 Å². The van der Waals surface area contributed by atoms with Crippen molar-refractivity contribution in [3.05, 3.63) is 35.4 Å². The van der Waals surface area contributed by atoms with E-state index in [4.69, 9.17) is 4.74 Å². The molecule has 2 heterocycles. The fourth-order valence-electron chi connectivity index (χ4n) is 2.86. The third kappa shape index (κ3) is 2.80. The smallest absolute Gasteiger partial charge is 0.241 e. The summed E-state index contributed by atoms with van der Waals surface area (Å²) in [5.41, 5.74) is 2.41. The Morgan fingerprint density at radius 2 is 2.05 bits per heavy atom. The predicted molar refractivity (Wildman–Crippen MR) is 72.9 cm³/mol. The van der Waals surface area contributed by atoms with Crippen molar-refractivity contribution < 1.29 is 9.53 Å². The van der Waals surface area contributed by atoms with Crippen molar-refractivity contribution in [2.45, 2.75) is 31.3 Å². The van der Waals surface area contributed by atoms with E-state index in [-0.39, 0.29) is 18.0 Å². The second-order valence-electron chi connectivity index (χ2n) is 5.23. The van der Waals surface area contributed by atoms with Gasteiger partial charge in [0.05, 0.1) is 0 Å². The minimum absolute atomic E-state index is 0.0963. The number of hydrogen-bond acceptors (Lipinski definition) is 3. The molecule has 1 saturated heterocycles. The third-order valence-corrected chi connectivity index (χ3v) is 3.94. The number of fused-ring (bicyclic) bond motifs is 1. The number of benzene rings is 1. The number of ether oxygens (including phenoxy) is 1. The highest BCUT2D eigenvalue weighted by Crippen LogP contribution is 2.23. The zero-order chi connectivity index (χ0) is 13.1. The van der Waals surface area contributed by atoms with Crippen LogP contribution in [0.4, 0.5) is 0 Å². The first-order valence-corrected chi connectivity index (χ1v) is 7.04. The zero-order valence-electron chi connectivity index (χ0n) is 11.0. The van der Waals surface area contributed by atoms with Crippen molar-refractivity contribution in [1.29, 1.82) is 0 Å². The van der Waals surface area contributed by atoms with E-state index < -0.39 is 0 Å². The Bertz CT molecular complexity index is 455. The number of hydrogen-bond donors (Lipinski definition) is 2. The first-order chi connectivity index (χ1) is 9.34. The number of nitrogens with one attached hydrogen (secondary N) is 2. The lowest BCUT2D eigenvalue weighted by atomic mass is 9.93. The fourth-order valence-corrected chi connectivity index (χ4v) is 2.86. The lowest BCUT2D eigenvalue weighted by Crippen LogP contribution is -2.46. The number of carbonyl (C=O) groups is 1. The Kier molecular flexibility index (Phi) is 3.80. The highest BCUT2D eigenvalue weighted by Gasteiger charge is 2.27. The van der Waals surface area contributed by atoms with E-state index in [2.05, 4.69) is 22.8 Å². The van der Waals surface area contributed by atoms with Crippen LogP contribution in [-0.4, -0.2) is 31.7 Å². The number of carbonyl (C=O) groups excluding carboxylic acids is 1. The summed E-state index contributed by atoms with van der Waals surface area (Å²) in [6.45, 7) is 2.36. The topological polar surface area (TPSA) is 50.4 Å². The zero-order valence-corrected chi connectivity index (χ0v) is 11.0. The summed E-state index contributed by atoms with van der Waals surface area (Å²) in [6.07, 6.45) is 2.83. The molecule has 3 rings (SSSR count). The van der Waals surface area contributed by atoms with E-state index in [1.165, 1.54) is 5.56 Å². The van der Waals surface area contributed by atoms with E-state index in [1.54, 1.807) is 0 Å². The molecule has 1 unspecified atom stereocenters.